The normalized spacial score (nSPS) is 10.4. The first-order valence-electron chi connectivity index (χ1n) is 8.69. The Morgan fingerprint density at radius 2 is 1.90 bits per heavy atom. The average molecular weight is 461 g/mol. The standard InChI is InChI=1S/C21H21BrN2O5/c1-14-10-16(22)7-8-18(14)24-19(25)12-23-20(26)13-29-21(27)9-6-15-4-3-5-17(11-15)28-2/h3-11H,12-13H2,1-2H3,(H,23,26)(H,24,25)/b9-6+. The van der Waals surface area contributed by atoms with Crippen LogP contribution in [0.4, 0.5) is 5.69 Å². The molecule has 2 aromatic rings. The quantitative estimate of drug-likeness (QED) is 0.466. The Bertz CT molecular complexity index is 927. The van der Waals surface area contributed by atoms with Crippen LogP contribution in [-0.4, -0.2) is 38.0 Å². The van der Waals surface area contributed by atoms with Crippen molar-refractivity contribution in [2.75, 3.05) is 25.6 Å². The van der Waals surface area contributed by atoms with Crippen LogP contribution in [0.15, 0.2) is 53.0 Å². The van der Waals surface area contributed by atoms with E-state index in [-0.39, 0.29) is 12.5 Å². The number of anilines is 1. The summed E-state index contributed by atoms with van der Waals surface area (Å²) in [5.74, 6) is -0.960. The molecular weight excluding hydrogens is 440 g/mol. The van der Waals surface area contributed by atoms with Gasteiger partial charge in [-0.3, -0.25) is 9.59 Å². The van der Waals surface area contributed by atoms with Gasteiger partial charge in [0.2, 0.25) is 5.91 Å². The Morgan fingerprint density at radius 3 is 2.62 bits per heavy atom. The third-order valence-corrected chi connectivity index (χ3v) is 4.25. The number of nitrogens with one attached hydrogen (secondary N) is 2. The molecule has 0 bridgehead atoms. The Labute approximate surface area is 177 Å². The van der Waals surface area contributed by atoms with Crippen LogP contribution in [0.3, 0.4) is 0 Å². The van der Waals surface area contributed by atoms with Gasteiger partial charge in [-0.25, -0.2) is 4.79 Å². The number of hydrogen-bond donors (Lipinski definition) is 2. The van der Waals surface area contributed by atoms with E-state index in [0.29, 0.717) is 11.4 Å². The predicted octanol–water partition coefficient (Wildman–Crippen LogP) is 3.08. The molecule has 29 heavy (non-hydrogen) atoms. The first kappa shape index (κ1) is 22.2. The van der Waals surface area contributed by atoms with E-state index >= 15 is 0 Å². The second-order valence-electron chi connectivity index (χ2n) is 6.00. The topological polar surface area (TPSA) is 93.7 Å². The number of rotatable bonds is 8. The van der Waals surface area contributed by atoms with Gasteiger partial charge in [0.05, 0.1) is 13.7 Å². The summed E-state index contributed by atoms with van der Waals surface area (Å²) in [6.45, 7) is 1.15. The zero-order valence-corrected chi connectivity index (χ0v) is 17.6. The lowest BCUT2D eigenvalue weighted by Gasteiger charge is -2.09. The van der Waals surface area contributed by atoms with Crippen molar-refractivity contribution >= 4 is 45.5 Å². The number of ether oxygens (including phenoxy) is 2. The van der Waals surface area contributed by atoms with Crippen molar-refractivity contribution in [2.24, 2.45) is 0 Å². The first-order valence-corrected chi connectivity index (χ1v) is 9.48. The molecule has 0 saturated carbocycles. The van der Waals surface area contributed by atoms with Gasteiger partial charge in [0.1, 0.15) is 5.75 Å². The molecule has 2 N–H and O–H groups in total. The van der Waals surface area contributed by atoms with Crippen molar-refractivity contribution in [1.82, 2.24) is 5.32 Å². The molecule has 0 aliphatic rings. The molecule has 2 amide bonds. The minimum atomic E-state index is -0.669. The molecule has 0 saturated heterocycles. The van der Waals surface area contributed by atoms with E-state index in [9.17, 15) is 14.4 Å². The fraction of sp³-hybridized carbons (Fsp3) is 0.190. The Morgan fingerprint density at radius 1 is 1.10 bits per heavy atom. The number of halogens is 1. The number of esters is 1. The minimum Gasteiger partial charge on any atom is -0.497 e. The summed E-state index contributed by atoms with van der Waals surface area (Å²) in [6, 6.07) is 12.6. The van der Waals surface area contributed by atoms with Crippen molar-refractivity contribution in [2.45, 2.75) is 6.92 Å². The van der Waals surface area contributed by atoms with Gasteiger partial charge in [-0.15, -0.1) is 0 Å². The third kappa shape index (κ3) is 7.79. The van der Waals surface area contributed by atoms with E-state index in [4.69, 9.17) is 9.47 Å². The maximum Gasteiger partial charge on any atom is 0.331 e. The largest absolute Gasteiger partial charge is 0.497 e. The highest BCUT2D eigenvalue weighted by Crippen LogP contribution is 2.19. The molecule has 2 aromatic carbocycles. The van der Waals surface area contributed by atoms with Crippen molar-refractivity contribution in [3.63, 3.8) is 0 Å². The second kappa shape index (κ2) is 11.0. The van der Waals surface area contributed by atoms with Gasteiger partial charge < -0.3 is 20.1 Å². The summed E-state index contributed by atoms with van der Waals surface area (Å²) < 4.78 is 10.9. The summed E-state index contributed by atoms with van der Waals surface area (Å²) in [4.78, 5) is 35.4. The molecule has 0 aromatic heterocycles. The average Bonchev–Trinajstić information content (AvgIpc) is 2.71. The van der Waals surface area contributed by atoms with Gasteiger partial charge in [0.25, 0.3) is 5.91 Å². The van der Waals surface area contributed by atoms with Crippen LogP contribution in [-0.2, 0) is 19.1 Å². The monoisotopic (exact) mass is 460 g/mol. The Hall–Kier alpha value is -3.13. The fourth-order valence-corrected chi connectivity index (χ4v) is 2.76. The maximum absolute atomic E-state index is 11.9. The molecular formula is C21H21BrN2O5. The summed E-state index contributed by atoms with van der Waals surface area (Å²) in [6.07, 6.45) is 2.77. The highest BCUT2D eigenvalue weighted by Gasteiger charge is 2.09. The van der Waals surface area contributed by atoms with Crippen molar-refractivity contribution < 1.29 is 23.9 Å². The molecule has 0 heterocycles. The number of carbonyl (C=O) groups excluding carboxylic acids is 3. The van der Waals surface area contributed by atoms with Crippen molar-refractivity contribution in [1.29, 1.82) is 0 Å². The van der Waals surface area contributed by atoms with Gasteiger partial charge in [-0.2, -0.15) is 0 Å². The number of carbonyl (C=O) groups is 3. The molecule has 2 rings (SSSR count). The van der Waals surface area contributed by atoms with E-state index in [0.717, 1.165) is 15.6 Å². The van der Waals surface area contributed by atoms with Crippen LogP contribution in [0, 0.1) is 6.92 Å². The third-order valence-electron chi connectivity index (χ3n) is 3.76. The molecule has 0 spiro atoms. The lowest BCUT2D eigenvalue weighted by Crippen LogP contribution is -2.35. The molecule has 0 fully saturated rings. The molecule has 0 aliphatic heterocycles. The number of amides is 2. The van der Waals surface area contributed by atoms with Crippen LogP contribution >= 0.6 is 15.9 Å². The zero-order valence-electron chi connectivity index (χ0n) is 16.0. The molecule has 0 aliphatic carbocycles. The fourth-order valence-electron chi connectivity index (χ4n) is 2.29. The summed E-state index contributed by atoms with van der Waals surface area (Å²) >= 11 is 3.35. The van der Waals surface area contributed by atoms with Gasteiger partial charge in [0.15, 0.2) is 6.61 Å². The van der Waals surface area contributed by atoms with E-state index in [1.54, 1.807) is 49.6 Å². The predicted molar refractivity (Wildman–Crippen MR) is 114 cm³/mol. The van der Waals surface area contributed by atoms with Crippen LogP contribution in [0.1, 0.15) is 11.1 Å². The van der Waals surface area contributed by atoms with Crippen LogP contribution in [0.25, 0.3) is 6.08 Å². The number of benzene rings is 2. The molecule has 0 radical (unpaired) electrons. The second-order valence-corrected chi connectivity index (χ2v) is 6.92. The lowest BCUT2D eigenvalue weighted by molar-refractivity contribution is -0.143. The molecule has 0 unspecified atom stereocenters. The summed E-state index contributed by atoms with van der Waals surface area (Å²) in [5, 5.41) is 5.10. The van der Waals surface area contributed by atoms with E-state index in [2.05, 4.69) is 26.6 Å². The van der Waals surface area contributed by atoms with Gasteiger partial charge in [-0.1, -0.05) is 28.1 Å². The van der Waals surface area contributed by atoms with E-state index in [1.165, 1.54) is 6.08 Å². The van der Waals surface area contributed by atoms with E-state index in [1.807, 2.05) is 13.0 Å². The van der Waals surface area contributed by atoms with Gasteiger partial charge in [-0.05, 0) is 54.5 Å². The number of aryl methyl sites for hydroxylation is 1. The zero-order chi connectivity index (χ0) is 21.2. The Kier molecular flexibility index (Phi) is 8.42. The molecule has 8 heteroatoms. The molecule has 152 valence electrons. The van der Waals surface area contributed by atoms with Crippen LogP contribution < -0.4 is 15.4 Å². The van der Waals surface area contributed by atoms with Crippen molar-refractivity contribution in [3.05, 3.63) is 64.1 Å². The van der Waals surface area contributed by atoms with Crippen LogP contribution in [0.2, 0.25) is 0 Å². The summed E-state index contributed by atoms with van der Waals surface area (Å²) in [5.41, 5.74) is 2.29. The SMILES string of the molecule is COc1cccc(/C=C/C(=O)OCC(=O)NCC(=O)Nc2ccc(Br)cc2C)c1. The highest BCUT2D eigenvalue weighted by molar-refractivity contribution is 9.10. The Balaban J connectivity index is 1.72. The summed E-state index contributed by atoms with van der Waals surface area (Å²) in [7, 11) is 1.55. The minimum absolute atomic E-state index is 0.231. The molecule has 0 atom stereocenters. The van der Waals surface area contributed by atoms with Crippen molar-refractivity contribution in [3.8, 4) is 5.75 Å². The lowest BCUT2D eigenvalue weighted by atomic mass is 10.2. The highest BCUT2D eigenvalue weighted by atomic mass is 79.9. The van der Waals surface area contributed by atoms with Gasteiger partial charge >= 0.3 is 5.97 Å². The number of hydrogen-bond acceptors (Lipinski definition) is 5. The number of methoxy groups -OCH3 is 1. The smallest absolute Gasteiger partial charge is 0.331 e. The van der Waals surface area contributed by atoms with Crippen LogP contribution in [0.5, 0.6) is 5.75 Å². The first-order chi connectivity index (χ1) is 13.9. The maximum atomic E-state index is 11.9. The van der Waals surface area contributed by atoms with E-state index < -0.39 is 18.5 Å². The molecule has 7 nitrogen and oxygen atoms in total. The van der Waals surface area contributed by atoms with Gasteiger partial charge in [0, 0.05) is 16.2 Å².